The van der Waals surface area contributed by atoms with Gasteiger partial charge in [0.1, 0.15) is 5.75 Å². The summed E-state index contributed by atoms with van der Waals surface area (Å²) < 4.78 is 5.87. The Morgan fingerprint density at radius 3 is 2.58 bits per heavy atom. The number of carbonyl (C=O) groups excluding carboxylic acids is 1. The summed E-state index contributed by atoms with van der Waals surface area (Å²) in [6.45, 7) is 0.523. The van der Waals surface area contributed by atoms with Crippen molar-refractivity contribution in [3.8, 4) is 5.75 Å². The summed E-state index contributed by atoms with van der Waals surface area (Å²) >= 11 is 13.0. The Morgan fingerprint density at radius 1 is 1.12 bits per heavy atom. The van der Waals surface area contributed by atoms with Gasteiger partial charge >= 0.3 is 5.97 Å². The highest BCUT2D eigenvalue weighted by molar-refractivity contribution is 7.15. The zero-order chi connectivity index (χ0) is 16.9. The van der Waals surface area contributed by atoms with E-state index in [0.29, 0.717) is 33.0 Å². The molecule has 1 N–H and O–H groups in total. The molecule has 0 aliphatic rings. The Labute approximate surface area is 153 Å². The molecule has 7 heteroatoms. The summed E-state index contributed by atoms with van der Waals surface area (Å²) in [6.07, 6.45) is 1.70. The van der Waals surface area contributed by atoms with Crippen molar-refractivity contribution in [2.45, 2.75) is 6.54 Å². The Morgan fingerprint density at radius 2 is 1.88 bits per heavy atom. The minimum absolute atomic E-state index is 0.438. The topological polar surface area (TPSA) is 51.2 Å². The monoisotopic (exact) mass is 378 g/mol. The van der Waals surface area contributed by atoms with Crippen LogP contribution < -0.4 is 10.1 Å². The van der Waals surface area contributed by atoms with Crippen LogP contribution in [0.4, 0.5) is 5.69 Å². The minimum atomic E-state index is -0.442. The number of para-hydroxylation sites is 1. The van der Waals surface area contributed by atoms with Gasteiger partial charge in [-0.05, 0) is 36.4 Å². The number of hydrogen-bond donors (Lipinski definition) is 1. The van der Waals surface area contributed by atoms with Gasteiger partial charge in [0.2, 0.25) is 0 Å². The van der Waals surface area contributed by atoms with E-state index in [1.165, 1.54) is 11.3 Å². The third kappa shape index (κ3) is 4.26. The lowest BCUT2D eigenvalue weighted by atomic mass is 10.2. The van der Waals surface area contributed by atoms with Crippen molar-refractivity contribution >= 4 is 46.2 Å². The quantitative estimate of drug-likeness (QED) is 0.484. The number of esters is 1. The molecule has 24 heavy (non-hydrogen) atoms. The molecule has 0 bridgehead atoms. The molecule has 0 amide bonds. The van der Waals surface area contributed by atoms with E-state index in [9.17, 15) is 4.79 Å². The van der Waals surface area contributed by atoms with E-state index in [1.54, 1.807) is 42.6 Å². The highest BCUT2D eigenvalue weighted by Crippen LogP contribution is 2.23. The second-order valence-electron chi connectivity index (χ2n) is 4.82. The molecule has 3 aromatic rings. The van der Waals surface area contributed by atoms with Crippen LogP contribution in [0, 0.1) is 0 Å². The number of anilines is 1. The fourth-order valence-corrected chi connectivity index (χ4v) is 3.07. The summed E-state index contributed by atoms with van der Waals surface area (Å²) in [5.41, 5.74) is 1.13. The molecule has 0 radical (unpaired) electrons. The van der Waals surface area contributed by atoms with Gasteiger partial charge in [-0.1, -0.05) is 35.3 Å². The van der Waals surface area contributed by atoms with Crippen molar-refractivity contribution in [3.63, 3.8) is 0 Å². The highest BCUT2D eigenvalue weighted by Gasteiger charge is 2.13. The summed E-state index contributed by atoms with van der Waals surface area (Å²) in [5, 5.41) is 3.79. The Kier molecular flexibility index (Phi) is 5.35. The first-order chi connectivity index (χ1) is 11.6. The molecule has 0 fully saturated rings. The minimum Gasteiger partial charge on any atom is -0.423 e. The maximum atomic E-state index is 12.4. The molecule has 4 nitrogen and oxygen atoms in total. The van der Waals surface area contributed by atoms with Crippen molar-refractivity contribution < 1.29 is 9.53 Å². The van der Waals surface area contributed by atoms with Crippen LogP contribution in [0.15, 0.2) is 54.7 Å². The molecule has 0 spiro atoms. The van der Waals surface area contributed by atoms with E-state index in [-0.39, 0.29) is 0 Å². The molecule has 2 aromatic carbocycles. The summed E-state index contributed by atoms with van der Waals surface area (Å²) in [7, 11) is 0. The first kappa shape index (κ1) is 16.8. The lowest BCUT2D eigenvalue weighted by Crippen LogP contribution is -2.12. The number of ether oxygens (including phenoxy) is 1. The third-order valence-corrected chi connectivity index (χ3v) is 4.52. The van der Waals surface area contributed by atoms with E-state index < -0.39 is 5.97 Å². The molecule has 0 atom stereocenters. The smallest absolute Gasteiger partial charge is 0.345 e. The lowest BCUT2D eigenvalue weighted by molar-refractivity contribution is 0.0736. The Hall–Kier alpha value is -2.08. The predicted molar refractivity (Wildman–Crippen MR) is 97.3 cm³/mol. The Balaban J connectivity index is 1.72. The van der Waals surface area contributed by atoms with Crippen molar-refractivity contribution in [1.82, 2.24) is 4.98 Å². The SMILES string of the molecule is O=C(Oc1ccc(Cl)cc1)c1ccccc1NCc1cnc(Cl)s1. The molecule has 0 saturated carbocycles. The maximum absolute atomic E-state index is 12.4. The first-order valence-electron chi connectivity index (χ1n) is 7.02. The second kappa shape index (κ2) is 7.66. The van der Waals surface area contributed by atoms with Gasteiger partial charge in [-0.25, -0.2) is 9.78 Å². The number of benzene rings is 2. The number of nitrogens with one attached hydrogen (secondary N) is 1. The van der Waals surface area contributed by atoms with Crippen LogP contribution in [0.2, 0.25) is 9.49 Å². The van der Waals surface area contributed by atoms with Crippen LogP contribution in [-0.4, -0.2) is 11.0 Å². The molecule has 1 heterocycles. The van der Waals surface area contributed by atoms with Gasteiger partial charge in [0, 0.05) is 21.8 Å². The van der Waals surface area contributed by atoms with Crippen LogP contribution in [0.25, 0.3) is 0 Å². The fourth-order valence-electron chi connectivity index (χ4n) is 2.03. The molecular weight excluding hydrogens is 367 g/mol. The van der Waals surface area contributed by atoms with E-state index in [2.05, 4.69) is 10.3 Å². The zero-order valence-corrected chi connectivity index (χ0v) is 14.7. The number of thiazole rings is 1. The van der Waals surface area contributed by atoms with Crippen LogP contribution in [-0.2, 0) is 6.54 Å². The van der Waals surface area contributed by atoms with Gasteiger partial charge in [0.15, 0.2) is 4.47 Å². The average molecular weight is 379 g/mol. The van der Waals surface area contributed by atoms with E-state index >= 15 is 0 Å². The molecule has 3 rings (SSSR count). The zero-order valence-electron chi connectivity index (χ0n) is 12.3. The standard InChI is InChI=1S/C17H12Cl2N2O2S/c18-11-5-7-12(8-6-11)23-16(22)14-3-1-2-4-15(14)20-9-13-10-21-17(19)24-13/h1-8,10,20H,9H2. The molecule has 0 aliphatic carbocycles. The molecule has 1 aromatic heterocycles. The van der Waals surface area contributed by atoms with E-state index in [0.717, 1.165) is 4.88 Å². The van der Waals surface area contributed by atoms with Crippen molar-refractivity contribution in [3.05, 3.63) is 74.7 Å². The third-order valence-electron chi connectivity index (χ3n) is 3.15. The normalized spacial score (nSPS) is 10.4. The molecule has 0 saturated heterocycles. The van der Waals surface area contributed by atoms with Crippen LogP contribution >= 0.6 is 34.5 Å². The van der Waals surface area contributed by atoms with Gasteiger partial charge < -0.3 is 10.1 Å². The van der Waals surface area contributed by atoms with Crippen molar-refractivity contribution in [2.75, 3.05) is 5.32 Å². The Bertz CT molecular complexity index is 850. The molecule has 0 aliphatic heterocycles. The van der Waals surface area contributed by atoms with Gasteiger partial charge in [-0.3, -0.25) is 0 Å². The number of rotatable bonds is 5. The maximum Gasteiger partial charge on any atom is 0.345 e. The van der Waals surface area contributed by atoms with Gasteiger partial charge in [-0.15, -0.1) is 11.3 Å². The number of aromatic nitrogens is 1. The molecular formula is C17H12Cl2N2O2S. The average Bonchev–Trinajstić information content (AvgIpc) is 3.01. The van der Waals surface area contributed by atoms with Crippen molar-refractivity contribution in [1.29, 1.82) is 0 Å². The number of halogens is 2. The van der Waals surface area contributed by atoms with Gasteiger partial charge in [0.05, 0.1) is 12.1 Å². The van der Waals surface area contributed by atoms with Crippen LogP contribution in [0.3, 0.4) is 0 Å². The van der Waals surface area contributed by atoms with Crippen molar-refractivity contribution in [2.24, 2.45) is 0 Å². The van der Waals surface area contributed by atoms with Gasteiger partial charge in [0.25, 0.3) is 0 Å². The largest absolute Gasteiger partial charge is 0.423 e. The number of hydrogen-bond acceptors (Lipinski definition) is 5. The summed E-state index contributed by atoms with van der Waals surface area (Å²) in [4.78, 5) is 17.4. The lowest BCUT2D eigenvalue weighted by Gasteiger charge is -2.11. The van der Waals surface area contributed by atoms with Gasteiger partial charge in [-0.2, -0.15) is 0 Å². The highest BCUT2D eigenvalue weighted by atomic mass is 35.5. The fraction of sp³-hybridized carbons (Fsp3) is 0.0588. The van der Waals surface area contributed by atoms with Crippen LogP contribution in [0.1, 0.15) is 15.2 Å². The van der Waals surface area contributed by atoms with E-state index in [1.807, 2.05) is 12.1 Å². The predicted octanol–water partition coefficient (Wildman–Crippen LogP) is 5.28. The molecule has 122 valence electrons. The van der Waals surface area contributed by atoms with E-state index in [4.69, 9.17) is 27.9 Å². The number of nitrogens with zero attached hydrogens (tertiary/aromatic N) is 1. The van der Waals surface area contributed by atoms with Crippen LogP contribution in [0.5, 0.6) is 5.75 Å². The number of carbonyl (C=O) groups is 1. The first-order valence-corrected chi connectivity index (χ1v) is 8.60. The second-order valence-corrected chi connectivity index (χ2v) is 6.96. The summed E-state index contributed by atoms with van der Waals surface area (Å²) in [6, 6.07) is 13.8. The summed E-state index contributed by atoms with van der Waals surface area (Å²) in [5.74, 6) is -0.00352. The molecule has 0 unspecified atom stereocenters.